The number of nitrogens with two attached hydrogens (primary N) is 1. The second-order valence-electron chi connectivity index (χ2n) is 6.19. The molecule has 2 aromatic carbocycles. The van der Waals surface area contributed by atoms with Crippen LogP contribution in [-0.2, 0) is 0 Å². The summed E-state index contributed by atoms with van der Waals surface area (Å²) in [5.41, 5.74) is 10.9. The summed E-state index contributed by atoms with van der Waals surface area (Å²) in [6.45, 7) is 6.29. The molecule has 24 heavy (non-hydrogen) atoms. The molecule has 1 heterocycles. The van der Waals surface area contributed by atoms with Crippen molar-refractivity contribution in [3.05, 3.63) is 70.5 Å². The lowest BCUT2D eigenvalue weighted by Gasteiger charge is -2.12. The van der Waals surface area contributed by atoms with Crippen molar-refractivity contribution in [1.82, 2.24) is 5.32 Å². The number of benzene rings is 2. The number of nitrogens with one attached hydrogen (secondary N) is 1. The zero-order valence-corrected chi connectivity index (χ0v) is 14.2. The fraction of sp³-hybridized carbons (Fsp3) is 0.250. The maximum Gasteiger partial charge on any atom is 0.287 e. The van der Waals surface area contributed by atoms with Crippen molar-refractivity contribution < 1.29 is 9.21 Å². The molecular weight excluding hydrogens is 300 g/mol. The van der Waals surface area contributed by atoms with E-state index in [0.717, 1.165) is 33.2 Å². The van der Waals surface area contributed by atoms with Crippen LogP contribution < -0.4 is 11.1 Å². The van der Waals surface area contributed by atoms with Crippen LogP contribution in [0.5, 0.6) is 0 Å². The minimum absolute atomic E-state index is 0.228. The Balaban J connectivity index is 1.81. The largest absolute Gasteiger partial charge is 0.450 e. The van der Waals surface area contributed by atoms with E-state index < -0.39 is 0 Å². The zero-order chi connectivity index (χ0) is 17.3. The Morgan fingerprint density at radius 3 is 2.42 bits per heavy atom. The van der Waals surface area contributed by atoms with Crippen LogP contribution in [0.3, 0.4) is 0 Å². The standard InChI is InChI=1S/C20H22N2O2/c1-12-9-10-13(2)18-17(12)14(3)19(24-18)20(23)22-11-16(21)15-7-5-4-6-8-15/h4-10,16H,11,21H2,1-3H3,(H,22,23). The van der Waals surface area contributed by atoms with Gasteiger partial charge in [-0.15, -0.1) is 0 Å². The van der Waals surface area contributed by atoms with Crippen LogP contribution in [0.25, 0.3) is 11.0 Å². The van der Waals surface area contributed by atoms with Crippen LogP contribution in [0, 0.1) is 20.8 Å². The summed E-state index contributed by atoms with van der Waals surface area (Å²) in [4.78, 5) is 12.5. The number of hydrogen-bond acceptors (Lipinski definition) is 3. The third-order valence-corrected chi connectivity index (χ3v) is 4.40. The number of furan rings is 1. The van der Waals surface area contributed by atoms with E-state index >= 15 is 0 Å². The van der Waals surface area contributed by atoms with Crippen molar-refractivity contribution in [1.29, 1.82) is 0 Å². The van der Waals surface area contributed by atoms with Crippen LogP contribution in [0.1, 0.15) is 38.9 Å². The van der Waals surface area contributed by atoms with E-state index in [2.05, 4.69) is 5.32 Å². The Kier molecular flexibility index (Phi) is 4.40. The van der Waals surface area contributed by atoms with E-state index in [9.17, 15) is 4.79 Å². The van der Waals surface area contributed by atoms with E-state index in [4.69, 9.17) is 10.2 Å². The summed E-state index contributed by atoms with van der Waals surface area (Å²) in [6.07, 6.45) is 0. The van der Waals surface area contributed by atoms with E-state index in [0.29, 0.717) is 12.3 Å². The number of hydrogen-bond donors (Lipinski definition) is 2. The van der Waals surface area contributed by atoms with Crippen LogP contribution >= 0.6 is 0 Å². The molecule has 124 valence electrons. The quantitative estimate of drug-likeness (QED) is 0.768. The smallest absolute Gasteiger partial charge is 0.287 e. The molecular formula is C20H22N2O2. The summed E-state index contributed by atoms with van der Waals surface area (Å²) < 4.78 is 5.86. The normalized spacial score (nSPS) is 12.3. The number of fused-ring (bicyclic) bond motifs is 1. The first-order valence-electron chi connectivity index (χ1n) is 8.07. The Hall–Kier alpha value is -2.59. The van der Waals surface area contributed by atoms with Gasteiger partial charge in [-0.2, -0.15) is 0 Å². The number of carbonyl (C=O) groups is 1. The van der Waals surface area contributed by atoms with E-state index in [1.54, 1.807) is 0 Å². The van der Waals surface area contributed by atoms with E-state index in [-0.39, 0.29) is 11.9 Å². The van der Waals surface area contributed by atoms with Gasteiger partial charge in [0.05, 0.1) is 0 Å². The van der Waals surface area contributed by atoms with E-state index in [1.807, 2.05) is 63.2 Å². The van der Waals surface area contributed by atoms with Gasteiger partial charge in [0.1, 0.15) is 5.58 Å². The third-order valence-electron chi connectivity index (χ3n) is 4.40. The Labute approximate surface area is 141 Å². The number of rotatable bonds is 4. The van der Waals surface area contributed by atoms with Gasteiger partial charge < -0.3 is 15.5 Å². The average molecular weight is 322 g/mol. The van der Waals surface area contributed by atoms with Crippen LogP contribution in [0.2, 0.25) is 0 Å². The first-order valence-corrected chi connectivity index (χ1v) is 8.07. The molecule has 4 nitrogen and oxygen atoms in total. The molecule has 0 bridgehead atoms. The summed E-state index contributed by atoms with van der Waals surface area (Å²) in [7, 11) is 0. The highest BCUT2D eigenvalue weighted by atomic mass is 16.3. The van der Waals surface area contributed by atoms with Crippen molar-refractivity contribution >= 4 is 16.9 Å². The molecule has 0 saturated carbocycles. The van der Waals surface area contributed by atoms with Crippen LogP contribution in [0.15, 0.2) is 46.9 Å². The van der Waals surface area contributed by atoms with Gasteiger partial charge in [-0.25, -0.2) is 0 Å². The van der Waals surface area contributed by atoms with Crippen molar-refractivity contribution in [2.45, 2.75) is 26.8 Å². The molecule has 1 aromatic heterocycles. The molecule has 0 aliphatic rings. The van der Waals surface area contributed by atoms with Gasteiger partial charge in [0.15, 0.2) is 5.76 Å². The highest BCUT2D eigenvalue weighted by molar-refractivity contribution is 6.00. The van der Waals surface area contributed by atoms with Crippen molar-refractivity contribution in [3.63, 3.8) is 0 Å². The molecule has 0 saturated heterocycles. The van der Waals surface area contributed by atoms with Gasteiger partial charge in [-0.1, -0.05) is 42.5 Å². The third kappa shape index (κ3) is 2.93. The zero-order valence-electron chi connectivity index (χ0n) is 14.2. The number of carbonyl (C=O) groups excluding carboxylic acids is 1. The van der Waals surface area contributed by atoms with E-state index in [1.165, 1.54) is 0 Å². The Bertz CT molecular complexity index is 882. The molecule has 1 amide bonds. The molecule has 3 rings (SSSR count). The minimum atomic E-state index is -0.247. The van der Waals surface area contributed by atoms with Crippen molar-refractivity contribution in [2.24, 2.45) is 5.73 Å². The first-order chi connectivity index (χ1) is 11.5. The molecule has 3 N–H and O–H groups in total. The fourth-order valence-electron chi connectivity index (χ4n) is 2.99. The fourth-order valence-corrected chi connectivity index (χ4v) is 2.99. The SMILES string of the molecule is Cc1ccc(C)c2c(C)c(C(=O)NCC(N)c3ccccc3)oc12. The van der Waals surface area contributed by atoms with Crippen LogP contribution in [-0.4, -0.2) is 12.5 Å². The predicted octanol–water partition coefficient (Wildman–Crippen LogP) is 3.79. The maximum atomic E-state index is 12.5. The van der Waals surface area contributed by atoms with Crippen molar-refractivity contribution in [2.75, 3.05) is 6.54 Å². The number of amides is 1. The lowest BCUT2D eigenvalue weighted by Crippen LogP contribution is -2.32. The monoisotopic (exact) mass is 322 g/mol. The molecule has 0 aliphatic carbocycles. The molecule has 1 atom stereocenters. The molecule has 4 heteroatoms. The molecule has 0 aliphatic heterocycles. The van der Waals surface area contributed by atoms with Gasteiger partial charge in [0.25, 0.3) is 5.91 Å². The van der Waals surface area contributed by atoms with Crippen LogP contribution in [0.4, 0.5) is 0 Å². The molecule has 1 unspecified atom stereocenters. The maximum absolute atomic E-state index is 12.5. The Morgan fingerprint density at radius 1 is 1.08 bits per heavy atom. The average Bonchev–Trinajstić information content (AvgIpc) is 2.95. The second-order valence-corrected chi connectivity index (χ2v) is 6.19. The van der Waals surface area contributed by atoms with Gasteiger partial charge in [0, 0.05) is 23.5 Å². The summed E-state index contributed by atoms with van der Waals surface area (Å²) in [5.74, 6) is 0.136. The minimum Gasteiger partial charge on any atom is -0.450 e. The molecule has 3 aromatic rings. The van der Waals surface area contributed by atoms with Gasteiger partial charge in [-0.05, 0) is 37.5 Å². The molecule has 0 radical (unpaired) electrons. The summed E-state index contributed by atoms with van der Waals surface area (Å²) in [6, 6.07) is 13.5. The highest BCUT2D eigenvalue weighted by Crippen LogP contribution is 2.30. The predicted molar refractivity (Wildman–Crippen MR) is 96.1 cm³/mol. The number of aryl methyl sites for hydroxylation is 3. The molecule has 0 spiro atoms. The highest BCUT2D eigenvalue weighted by Gasteiger charge is 2.20. The topological polar surface area (TPSA) is 68.3 Å². The Morgan fingerprint density at radius 2 is 1.75 bits per heavy atom. The first kappa shape index (κ1) is 16.3. The second kappa shape index (κ2) is 6.49. The van der Waals surface area contributed by atoms with Gasteiger partial charge >= 0.3 is 0 Å². The van der Waals surface area contributed by atoms with Crippen molar-refractivity contribution in [3.8, 4) is 0 Å². The van der Waals surface area contributed by atoms with Gasteiger partial charge in [-0.3, -0.25) is 4.79 Å². The summed E-state index contributed by atoms with van der Waals surface area (Å²) in [5, 5.41) is 3.90. The lowest BCUT2D eigenvalue weighted by molar-refractivity contribution is 0.0925. The van der Waals surface area contributed by atoms with Gasteiger partial charge in [0.2, 0.25) is 0 Å². The summed E-state index contributed by atoms with van der Waals surface area (Å²) >= 11 is 0. The molecule has 0 fully saturated rings. The lowest BCUT2D eigenvalue weighted by atomic mass is 10.0.